The predicted octanol–water partition coefficient (Wildman–Crippen LogP) is 3.63. The fraction of sp³-hybridized carbons (Fsp3) is 0.188. The zero-order valence-corrected chi connectivity index (χ0v) is 14.0. The Morgan fingerprint density at radius 3 is 2.87 bits per heavy atom. The number of carbonyl (C=O) groups excluding carboxylic acids is 1. The van der Waals surface area contributed by atoms with Crippen LogP contribution in [0.2, 0.25) is 0 Å². The normalized spacial score (nSPS) is 12.3. The van der Waals surface area contributed by atoms with E-state index in [0.717, 1.165) is 20.8 Å². The molecule has 0 bridgehead atoms. The fourth-order valence-corrected chi connectivity index (χ4v) is 3.74. The Bertz CT molecular complexity index is 820. The molecule has 0 unspecified atom stereocenters. The van der Waals surface area contributed by atoms with Gasteiger partial charge in [-0.1, -0.05) is 23.9 Å². The van der Waals surface area contributed by atoms with Gasteiger partial charge in [0.25, 0.3) is 0 Å². The Labute approximate surface area is 141 Å². The number of carbonyl (C=O) groups is 1. The molecular weight excluding hydrogens is 333 g/mol. The van der Waals surface area contributed by atoms with Crippen LogP contribution in [0.1, 0.15) is 12.5 Å². The quantitative estimate of drug-likeness (QED) is 0.566. The van der Waals surface area contributed by atoms with Crippen molar-refractivity contribution in [1.29, 1.82) is 0 Å². The predicted molar refractivity (Wildman–Crippen MR) is 91.0 cm³/mol. The lowest BCUT2D eigenvalue weighted by atomic mass is 10.2. The van der Waals surface area contributed by atoms with Gasteiger partial charge in [-0.3, -0.25) is 4.79 Å². The van der Waals surface area contributed by atoms with Gasteiger partial charge in [-0.05, 0) is 36.1 Å². The Hall–Kier alpha value is -1.99. The van der Waals surface area contributed by atoms with Crippen LogP contribution in [0.3, 0.4) is 0 Å². The van der Waals surface area contributed by atoms with Gasteiger partial charge in [-0.2, -0.15) is 0 Å². The van der Waals surface area contributed by atoms with Crippen LogP contribution in [0.4, 0.5) is 4.39 Å². The Balaban J connectivity index is 1.61. The number of thiophene rings is 1. The van der Waals surface area contributed by atoms with Crippen molar-refractivity contribution in [2.24, 2.45) is 0 Å². The summed E-state index contributed by atoms with van der Waals surface area (Å²) in [6.45, 7) is 2.21. The van der Waals surface area contributed by atoms with Crippen LogP contribution in [0, 0.1) is 5.82 Å². The SMILES string of the molecule is C[C@H](Sc1ncnc2sccc12)C(=O)NCc1ccc(F)cc1. The van der Waals surface area contributed by atoms with E-state index in [1.165, 1.54) is 30.2 Å². The second-order valence-electron chi connectivity index (χ2n) is 4.92. The summed E-state index contributed by atoms with van der Waals surface area (Å²) >= 11 is 2.96. The van der Waals surface area contributed by atoms with Crippen LogP contribution >= 0.6 is 23.1 Å². The van der Waals surface area contributed by atoms with E-state index >= 15 is 0 Å². The molecule has 23 heavy (non-hydrogen) atoms. The maximum atomic E-state index is 12.9. The molecule has 3 aromatic rings. The van der Waals surface area contributed by atoms with Crippen molar-refractivity contribution in [1.82, 2.24) is 15.3 Å². The average molecular weight is 347 g/mol. The zero-order chi connectivity index (χ0) is 16.2. The molecule has 0 saturated carbocycles. The molecule has 1 N–H and O–H groups in total. The summed E-state index contributed by atoms with van der Waals surface area (Å²) in [5.41, 5.74) is 0.860. The molecular formula is C16H14FN3OS2. The van der Waals surface area contributed by atoms with Crippen LogP contribution < -0.4 is 5.32 Å². The monoisotopic (exact) mass is 347 g/mol. The second-order valence-corrected chi connectivity index (χ2v) is 7.15. The van der Waals surface area contributed by atoms with Gasteiger partial charge in [-0.25, -0.2) is 14.4 Å². The van der Waals surface area contributed by atoms with Crippen LogP contribution in [0.15, 0.2) is 47.1 Å². The average Bonchev–Trinajstić information content (AvgIpc) is 3.03. The van der Waals surface area contributed by atoms with E-state index < -0.39 is 0 Å². The van der Waals surface area contributed by atoms with Crippen molar-refractivity contribution < 1.29 is 9.18 Å². The summed E-state index contributed by atoms with van der Waals surface area (Å²) in [5.74, 6) is -0.367. The van der Waals surface area contributed by atoms with Crippen LogP contribution in [0.5, 0.6) is 0 Å². The van der Waals surface area contributed by atoms with Crippen molar-refractivity contribution in [2.45, 2.75) is 23.7 Å². The van der Waals surface area contributed by atoms with E-state index in [-0.39, 0.29) is 17.0 Å². The van der Waals surface area contributed by atoms with E-state index in [9.17, 15) is 9.18 Å². The first-order valence-electron chi connectivity index (χ1n) is 7.00. The zero-order valence-electron chi connectivity index (χ0n) is 12.3. The molecule has 0 aliphatic rings. The molecule has 0 spiro atoms. The molecule has 2 heterocycles. The maximum absolute atomic E-state index is 12.9. The number of thioether (sulfide) groups is 1. The second kappa shape index (κ2) is 7.06. The van der Waals surface area contributed by atoms with Crippen LogP contribution in [-0.4, -0.2) is 21.1 Å². The number of aromatic nitrogens is 2. The molecule has 0 fully saturated rings. The third kappa shape index (κ3) is 3.86. The number of hydrogen-bond donors (Lipinski definition) is 1. The fourth-order valence-electron chi connectivity index (χ4n) is 2.02. The van der Waals surface area contributed by atoms with E-state index in [1.54, 1.807) is 23.5 Å². The van der Waals surface area contributed by atoms with Gasteiger partial charge >= 0.3 is 0 Å². The molecule has 4 nitrogen and oxygen atoms in total. The van der Waals surface area contributed by atoms with E-state index in [4.69, 9.17) is 0 Å². The van der Waals surface area contributed by atoms with Crippen LogP contribution in [0.25, 0.3) is 10.2 Å². The van der Waals surface area contributed by atoms with Crippen molar-refractivity contribution in [2.75, 3.05) is 0 Å². The third-order valence-electron chi connectivity index (χ3n) is 3.26. The first kappa shape index (κ1) is 15.9. The number of nitrogens with zero attached hydrogens (tertiary/aromatic N) is 2. The van der Waals surface area contributed by atoms with Crippen molar-refractivity contribution in [3.63, 3.8) is 0 Å². The molecule has 118 valence electrons. The number of fused-ring (bicyclic) bond motifs is 1. The molecule has 0 radical (unpaired) electrons. The summed E-state index contributed by atoms with van der Waals surface area (Å²) in [7, 11) is 0. The van der Waals surface area contributed by atoms with Gasteiger partial charge in [0.2, 0.25) is 5.91 Å². The standard InChI is InChI=1S/C16H14FN3OS2/c1-10(14(21)18-8-11-2-4-12(17)5-3-11)23-16-13-6-7-22-15(13)19-9-20-16/h2-7,9-10H,8H2,1H3,(H,18,21)/t10-/m0/s1. The van der Waals surface area contributed by atoms with Gasteiger partial charge in [0.05, 0.1) is 5.25 Å². The lowest BCUT2D eigenvalue weighted by molar-refractivity contribution is -0.120. The maximum Gasteiger partial charge on any atom is 0.233 e. The number of amides is 1. The Morgan fingerprint density at radius 1 is 1.30 bits per heavy atom. The van der Waals surface area contributed by atoms with E-state index in [0.29, 0.717) is 6.54 Å². The minimum Gasteiger partial charge on any atom is -0.351 e. The van der Waals surface area contributed by atoms with Gasteiger partial charge in [0.1, 0.15) is 22.0 Å². The van der Waals surface area contributed by atoms with Gasteiger partial charge < -0.3 is 5.32 Å². The molecule has 0 saturated heterocycles. The molecule has 1 aromatic carbocycles. The number of nitrogens with one attached hydrogen (secondary N) is 1. The molecule has 1 amide bonds. The molecule has 3 rings (SSSR count). The van der Waals surface area contributed by atoms with Crippen molar-refractivity contribution >= 4 is 39.2 Å². The molecule has 2 aromatic heterocycles. The highest BCUT2D eigenvalue weighted by Gasteiger charge is 2.17. The number of hydrogen-bond acceptors (Lipinski definition) is 5. The van der Waals surface area contributed by atoms with Gasteiger partial charge in [0.15, 0.2) is 0 Å². The minimum atomic E-state index is -0.285. The first-order valence-corrected chi connectivity index (χ1v) is 8.76. The number of rotatable bonds is 5. The first-order chi connectivity index (χ1) is 11.1. The lowest BCUT2D eigenvalue weighted by Crippen LogP contribution is -2.30. The van der Waals surface area contributed by atoms with Crippen molar-refractivity contribution in [3.05, 3.63) is 53.4 Å². The highest BCUT2D eigenvalue weighted by atomic mass is 32.2. The van der Waals surface area contributed by atoms with E-state index in [1.807, 2.05) is 18.4 Å². The summed E-state index contributed by atoms with van der Waals surface area (Å²) in [5, 5.41) is 6.31. The molecule has 0 aliphatic carbocycles. The molecule has 7 heteroatoms. The highest BCUT2D eigenvalue weighted by Crippen LogP contribution is 2.30. The molecule has 0 aliphatic heterocycles. The summed E-state index contributed by atoms with van der Waals surface area (Å²) in [6, 6.07) is 8.05. The number of benzene rings is 1. The van der Waals surface area contributed by atoms with Crippen LogP contribution in [-0.2, 0) is 11.3 Å². The summed E-state index contributed by atoms with van der Waals surface area (Å²) in [6.07, 6.45) is 1.52. The third-order valence-corrected chi connectivity index (χ3v) is 5.20. The lowest BCUT2D eigenvalue weighted by Gasteiger charge is -2.12. The topological polar surface area (TPSA) is 54.9 Å². The number of halogens is 1. The van der Waals surface area contributed by atoms with Crippen molar-refractivity contribution in [3.8, 4) is 0 Å². The smallest absolute Gasteiger partial charge is 0.233 e. The summed E-state index contributed by atoms with van der Waals surface area (Å²) < 4.78 is 12.9. The largest absolute Gasteiger partial charge is 0.351 e. The molecule has 1 atom stereocenters. The minimum absolute atomic E-state index is 0.0821. The Kier molecular flexibility index (Phi) is 4.88. The highest BCUT2D eigenvalue weighted by molar-refractivity contribution is 8.00. The Morgan fingerprint density at radius 2 is 2.09 bits per heavy atom. The summed E-state index contributed by atoms with van der Waals surface area (Å²) in [4.78, 5) is 21.6. The van der Waals surface area contributed by atoms with E-state index in [2.05, 4.69) is 15.3 Å². The van der Waals surface area contributed by atoms with Gasteiger partial charge in [-0.15, -0.1) is 11.3 Å². The van der Waals surface area contributed by atoms with Gasteiger partial charge in [0, 0.05) is 11.9 Å².